The molecule has 6 heteroatoms. The lowest BCUT2D eigenvalue weighted by Gasteiger charge is -2.30. The Morgan fingerprint density at radius 1 is 1.17 bits per heavy atom. The molecule has 6 nitrogen and oxygen atoms in total. The Hall–Kier alpha value is -0.850. The number of ether oxygens (including phenoxy) is 2. The summed E-state index contributed by atoms with van der Waals surface area (Å²) in [5, 5.41) is 6.72. The third-order valence-electron chi connectivity index (χ3n) is 4.09. The van der Waals surface area contributed by atoms with E-state index in [1.807, 2.05) is 0 Å². The van der Waals surface area contributed by atoms with E-state index >= 15 is 0 Å². The first-order valence-corrected chi connectivity index (χ1v) is 9.07. The van der Waals surface area contributed by atoms with Crippen LogP contribution < -0.4 is 10.6 Å². The Morgan fingerprint density at radius 3 is 2.65 bits per heavy atom. The number of guanidine groups is 1. The molecule has 0 amide bonds. The van der Waals surface area contributed by atoms with Gasteiger partial charge in [-0.25, -0.2) is 0 Å². The van der Waals surface area contributed by atoms with E-state index < -0.39 is 0 Å². The molecule has 1 saturated heterocycles. The molecule has 136 valence electrons. The van der Waals surface area contributed by atoms with Gasteiger partial charge in [0.15, 0.2) is 5.96 Å². The van der Waals surface area contributed by atoms with Crippen LogP contribution in [0.25, 0.3) is 0 Å². The number of rotatable bonds is 11. The molecule has 1 aliphatic heterocycles. The molecule has 0 aliphatic carbocycles. The molecule has 0 unspecified atom stereocenters. The van der Waals surface area contributed by atoms with E-state index in [0.29, 0.717) is 13.2 Å². The summed E-state index contributed by atoms with van der Waals surface area (Å²) in [5.74, 6) is 1.80. The lowest BCUT2D eigenvalue weighted by Crippen LogP contribution is -2.43. The molecule has 0 saturated carbocycles. The van der Waals surface area contributed by atoms with E-state index in [0.717, 1.165) is 51.1 Å². The number of aliphatic imine (C=N–C) groups is 1. The standard InChI is InChI=1S/C17H36N4O2/c1-4-18-17(19-8-5-13-23-15-14-22-3)20-9-12-21-10-6-16(2)7-11-21/h16H,4-15H2,1-3H3,(H2,18,19,20). The first-order valence-electron chi connectivity index (χ1n) is 9.07. The van der Waals surface area contributed by atoms with Gasteiger partial charge in [-0.15, -0.1) is 0 Å². The van der Waals surface area contributed by atoms with Gasteiger partial charge in [-0.3, -0.25) is 4.99 Å². The maximum absolute atomic E-state index is 5.44. The second-order valence-corrected chi connectivity index (χ2v) is 6.17. The summed E-state index contributed by atoms with van der Waals surface area (Å²) in [6, 6.07) is 0. The van der Waals surface area contributed by atoms with Crippen molar-refractivity contribution in [3.63, 3.8) is 0 Å². The third-order valence-corrected chi connectivity index (χ3v) is 4.09. The first-order chi connectivity index (χ1) is 11.3. The van der Waals surface area contributed by atoms with E-state index in [-0.39, 0.29) is 0 Å². The van der Waals surface area contributed by atoms with Crippen LogP contribution in [0.2, 0.25) is 0 Å². The molecule has 1 heterocycles. The summed E-state index contributed by atoms with van der Waals surface area (Å²) in [4.78, 5) is 7.13. The topological polar surface area (TPSA) is 58.1 Å². The largest absolute Gasteiger partial charge is 0.382 e. The van der Waals surface area contributed by atoms with Crippen molar-refractivity contribution in [2.75, 3.05) is 66.2 Å². The van der Waals surface area contributed by atoms with Crippen molar-refractivity contribution in [1.82, 2.24) is 15.5 Å². The molecule has 23 heavy (non-hydrogen) atoms. The normalized spacial score (nSPS) is 17.4. The van der Waals surface area contributed by atoms with Gasteiger partial charge in [-0.1, -0.05) is 6.92 Å². The third kappa shape index (κ3) is 10.5. The van der Waals surface area contributed by atoms with Crippen molar-refractivity contribution in [1.29, 1.82) is 0 Å². The van der Waals surface area contributed by atoms with E-state index in [1.165, 1.54) is 25.9 Å². The number of likely N-dealkylation sites (tertiary alicyclic amines) is 1. The second kappa shape index (κ2) is 13.6. The van der Waals surface area contributed by atoms with Crippen molar-refractivity contribution in [3.8, 4) is 0 Å². The smallest absolute Gasteiger partial charge is 0.191 e. The first kappa shape index (κ1) is 20.2. The van der Waals surface area contributed by atoms with Gasteiger partial charge in [-0.2, -0.15) is 0 Å². The van der Waals surface area contributed by atoms with Crippen molar-refractivity contribution in [2.24, 2.45) is 10.9 Å². The summed E-state index contributed by atoms with van der Waals surface area (Å²) in [7, 11) is 1.69. The van der Waals surface area contributed by atoms with Crippen LogP contribution in [0, 0.1) is 5.92 Å². The molecule has 0 spiro atoms. The molecule has 0 atom stereocenters. The molecule has 0 radical (unpaired) electrons. The van der Waals surface area contributed by atoms with Gasteiger partial charge < -0.3 is 25.0 Å². The van der Waals surface area contributed by atoms with Crippen molar-refractivity contribution in [2.45, 2.75) is 33.1 Å². The second-order valence-electron chi connectivity index (χ2n) is 6.17. The molecule has 1 aliphatic rings. The fourth-order valence-electron chi connectivity index (χ4n) is 2.56. The predicted molar refractivity (Wildman–Crippen MR) is 96.1 cm³/mol. The maximum Gasteiger partial charge on any atom is 0.191 e. The van der Waals surface area contributed by atoms with Gasteiger partial charge in [0.1, 0.15) is 0 Å². The lowest BCUT2D eigenvalue weighted by molar-refractivity contribution is 0.0702. The highest BCUT2D eigenvalue weighted by molar-refractivity contribution is 5.79. The van der Waals surface area contributed by atoms with Gasteiger partial charge in [0.2, 0.25) is 0 Å². The summed E-state index contributed by atoms with van der Waals surface area (Å²) in [5.41, 5.74) is 0. The van der Waals surface area contributed by atoms with Crippen LogP contribution in [0.15, 0.2) is 4.99 Å². The number of nitrogens with zero attached hydrogens (tertiary/aromatic N) is 2. The summed E-state index contributed by atoms with van der Waals surface area (Å²) in [6.07, 6.45) is 3.60. The minimum atomic E-state index is 0.655. The minimum absolute atomic E-state index is 0.655. The van der Waals surface area contributed by atoms with Crippen LogP contribution in [-0.4, -0.2) is 77.1 Å². The molecule has 1 rings (SSSR count). The minimum Gasteiger partial charge on any atom is -0.382 e. The fourth-order valence-corrected chi connectivity index (χ4v) is 2.56. The van der Waals surface area contributed by atoms with Gasteiger partial charge in [-0.05, 0) is 45.2 Å². The fraction of sp³-hybridized carbons (Fsp3) is 0.941. The zero-order valence-corrected chi connectivity index (χ0v) is 15.3. The van der Waals surface area contributed by atoms with Crippen molar-refractivity contribution < 1.29 is 9.47 Å². The molecule has 0 aromatic carbocycles. The van der Waals surface area contributed by atoms with E-state index in [1.54, 1.807) is 7.11 Å². The SMILES string of the molecule is CCNC(=NCCCOCCOC)NCCN1CCC(C)CC1. The summed E-state index contributed by atoms with van der Waals surface area (Å²) >= 11 is 0. The van der Waals surface area contributed by atoms with Crippen molar-refractivity contribution in [3.05, 3.63) is 0 Å². The van der Waals surface area contributed by atoms with E-state index in [2.05, 4.69) is 34.4 Å². The Bertz CT molecular complexity index is 305. The monoisotopic (exact) mass is 328 g/mol. The molecule has 0 aromatic rings. The Morgan fingerprint density at radius 2 is 1.96 bits per heavy atom. The van der Waals surface area contributed by atoms with Crippen molar-refractivity contribution >= 4 is 5.96 Å². The zero-order chi connectivity index (χ0) is 16.8. The highest BCUT2D eigenvalue weighted by Gasteiger charge is 2.14. The van der Waals surface area contributed by atoms with Crippen LogP contribution in [0.1, 0.15) is 33.1 Å². The average Bonchev–Trinajstić information content (AvgIpc) is 2.56. The van der Waals surface area contributed by atoms with Crippen LogP contribution in [-0.2, 0) is 9.47 Å². The number of nitrogens with one attached hydrogen (secondary N) is 2. The number of piperidine rings is 1. The predicted octanol–water partition coefficient (Wildman–Crippen LogP) is 1.33. The molecule has 2 N–H and O–H groups in total. The molecular weight excluding hydrogens is 292 g/mol. The van der Waals surface area contributed by atoms with Gasteiger partial charge in [0.05, 0.1) is 13.2 Å². The summed E-state index contributed by atoms with van der Waals surface area (Å²) < 4.78 is 10.4. The number of methoxy groups -OCH3 is 1. The Balaban J connectivity index is 2.11. The van der Waals surface area contributed by atoms with Gasteiger partial charge in [0.25, 0.3) is 0 Å². The highest BCUT2D eigenvalue weighted by Crippen LogP contribution is 2.14. The average molecular weight is 329 g/mol. The maximum atomic E-state index is 5.44. The van der Waals surface area contributed by atoms with Crippen LogP contribution >= 0.6 is 0 Å². The molecular formula is C17H36N4O2. The van der Waals surface area contributed by atoms with E-state index in [9.17, 15) is 0 Å². The number of hydrogen-bond acceptors (Lipinski definition) is 4. The molecule has 0 aromatic heterocycles. The highest BCUT2D eigenvalue weighted by atomic mass is 16.5. The Labute approximate surface area is 142 Å². The Kier molecular flexibility index (Phi) is 11.9. The molecule has 1 fully saturated rings. The van der Waals surface area contributed by atoms with Gasteiger partial charge in [0, 0.05) is 39.9 Å². The lowest BCUT2D eigenvalue weighted by atomic mass is 9.99. The number of hydrogen-bond donors (Lipinski definition) is 2. The van der Waals surface area contributed by atoms with E-state index in [4.69, 9.17) is 9.47 Å². The molecule has 0 bridgehead atoms. The summed E-state index contributed by atoms with van der Waals surface area (Å²) in [6.45, 7) is 12.7. The quantitative estimate of drug-likeness (QED) is 0.340. The van der Waals surface area contributed by atoms with Crippen LogP contribution in [0.3, 0.4) is 0 Å². The zero-order valence-electron chi connectivity index (χ0n) is 15.3. The van der Waals surface area contributed by atoms with Gasteiger partial charge >= 0.3 is 0 Å². The van der Waals surface area contributed by atoms with Crippen LogP contribution in [0.5, 0.6) is 0 Å². The van der Waals surface area contributed by atoms with Crippen LogP contribution in [0.4, 0.5) is 0 Å².